The second-order valence-corrected chi connectivity index (χ2v) is 3.47. The monoisotopic (exact) mass is 226 g/mol. The van der Waals surface area contributed by atoms with Gasteiger partial charge in [-0.2, -0.15) is 0 Å². The highest BCUT2D eigenvalue weighted by Gasteiger charge is 2.09. The van der Waals surface area contributed by atoms with Gasteiger partial charge in [-0.3, -0.25) is 0 Å². The van der Waals surface area contributed by atoms with Gasteiger partial charge in [0.05, 0.1) is 0 Å². The van der Waals surface area contributed by atoms with Crippen LogP contribution in [-0.4, -0.2) is 6.61 Å². The van der Waals surface area contributed by atoms with Crippen LogP contribution in [0.5, 0.6) is 5.75 Å². The Labute approximate surface area is 99.9 Å². The third kappa shape index (κ3) is 2.46. The van der Waals surface area contributed by atoms with Crippen molar-refractivity contribution in [2.75, 3.05) is 6.61 Å². The lowest BCUT2D eigenvalue weighted by Gasteiger charge is -2.10. The number of rotatable bonds is 3. The lowest BCUT2D eigenvalue weighted by Crippen LogP contribution is -1.96. The molecule has 2 rings (SSSR count). The van der Waals surface area contributed by atoms with E-state index in [2.05, 4.69) is 5.92 Å². The van der Waals surface area contributed by atoms with Crippen molar-refractivity contribution in [2.24, 2.45) is 0 Å². The van der Waals surface area contributed by atoms with Crippen molar-refractivity contribution in [3.8, 4) is 29.2 Å². The molecule has 0 fully saturated rings. The standard InChI is InChI=1S/C15H11FO/c1-2-11-17-15-10-6-4-8-13(15)12-7-3-5-9-14(12)16/h1,3-10H,11H2. The summed E-state index contributed by atoms with van der Waals surface area (Å²) in [4.78, 5) is 0. The number of hydrogen-bond donors (Lipinski definition) is 0. The molecule has 84 valence electrons. The molecule has 2 aromatic rings. The molecule has 0 aromatic heterocycles. The Balaban J connectivity index is 2.45. The molecule has 0 aliphatic heterocycles. The van der Waals surface area contributed by atoms with Gasteiger partial charge in [-0.05, 0) is 12.1 Å². The van der Waals surface area contributed by atoms with Crippen LogP contribution in [0.25, 0.3) is 11.1 Å². The minimum atomic E-state index is -0.274. The largest absolute Gasteiger partial charge is 0.480 e. The second-order valence-electron chi connectivity index (χ2n) is 3.47. The average molecular weight is 226 g/mol. The molecule has 0 saturated carbocycles. The lowest BCUT2D eigenvalue weighted by molar-refractivity contribution is 0.371. The third-order valence-electron chi connectivity index (χ3n) is 2.36. The van der Waals surface area contributed by atoms with E-state index in [4.69, 9.17) is 11.2 Å². The molecule has 2 aromatic carbocycles. The molecular weight excluding hydrogens is 215 g/mol. The molecule has 0 unspecified atom stereocenters. The fourth-order valence-electron chi connectivity index (χ4n) is 1.61. The summed E-state index contributed by atoms with van der Waals surface area (Å²) in [7, 11) is 0. The van der Waals surface area contributed by atoms with Crippen molar-refractivity contribution < 1.29 is 9.13 Å². The molecule has 0 heterocycles. The predicted octanol–water partition coefficient (Wildman–Crippen LogP) is 3.50. The highest BCUT2D eigenvalue weighted by atomic mass is 19.1. The van der Waals surface area contributed by atoms with Crippen LogP contribution in [0.15, 0.2) is 48.5 Å². The van der Waals surface area contributed by atoms with Crippen LogP contribution in [0.4, 0.5) is 4.39 Å². The predicted molar refractivity (Wildman–Crippen MR) is 66.2 cm³/mol. The SMILES string of the molecule is C#CCOc1ccccc1-c1ccccc1F. The summed E-state index contributed by atoms with van der Waals surface area (Å²) in [6.45, 7) is 0.172. The van der Waals surface area contributed by atoms with Crippen LogP contribution < -0.4 is 4.74 Å². The Kier molecular flexibility index (Phi) is 3.42. The molecule has 17 heavy (non-hydrogen) atoms. The topological polar surface area (TPSA) is 9.23 Å². The van der Waals surface area contributed by atoms with E-state index in [0.717, 1.165) is 0 Å². The maximum Gasteiger partial charge on any atom is 0.148 e. The molecular formula is C15H11FO. The summed E-state index contributed by atoms with van der Waals surface area (Å²) in [5.74, 6) is 2.71. The normalized spacial score (nSPS) is 9.65. The van der Waals surface area contributed by atoms with Gasteiger partial charge in [-0.25, -0.2) is 4.39 Å². The number of terminal acetylenes is 1. The molecule has 0 radical (unpaired) electrons. The molecule has 0 amide bonds. The van der Waals surface area contributed by atoms with Crippen LogP contribution in [0, 0.1) is 18.2 Å². The molecule has 0 saturated heterocycles. The third-order valence-corrected chi connectivity index (χ3v) is 2.36. The smallest absolute Gasteiger partial charge is 0.148 e. The van der Waals surface area contributed by atoms with Crippen LogP contribution in [0.2, 0.25) is 0 Å². The number of ether oxygens (including phenoxy) is 1. The van der Waals surface area contributed by atoms with Crippen molar-refractivity contribution in [2.45, 2.75) is 0 Å². The van der Waals surface area contributed by atoms with Crippen molar-refractivity contribution in [1.82, 2.24) is 0 Å². The Bertz CT molecular complexity index is 555. The van der Waals surface area contributed by atoms with Gasteiger partial charge in [0.2, 0.25) is 0 Å². The van der Waals surface area contributed by atoms with Gasteiger partial charge in [0.25, 0.3) is 0 Å². The average Bonchev–Trinajstić information content (AvgIpc) is 2.37. The summed E-state index contributed by atoms with van der Waals surface area (Å²) >= 11 is 0. The lowest BCUT2D eigenvalue weighted by atomic mass is 10.0. The van der Waals surface area contributed by atoms with E-state index in [1.54, 1.807) is 24.3 Å². The molecule has 0 aliphatic carbocycles. The van der Waals surface area contributed by atoms with E-state index in [9.17, 15) is 4.39 Å². The minimum absolute atomic E-state index is 0.172. The highest BCUT2D eigenvalue weighted by molar-refractivity contribution is 5.70. The molecule has 2 heteroatoms. The Morgan fingerprint density at radius 1 is 1.00 bits per heavy atom. The van der Waals surface area contributed by atoms with Crippen LogP contribution in [-0.2, 0) is 0 Å². The van der Waals surface area contributed by atoms with Gasteiger partial charge < -0.3 is 4.74 Å². The quantitative estimate of drug-likeness (QED) is 0.728. The van der Waals surface area contributed by atoms with Gasteiger partial charge in [-0.15, -0.1) is 6.42 Å². The molecule has 0 aliphatic rings. The van der Waals surface area contributed by atoms with Crippen molar-refractivity contribution in [1.29, 1.82) is 0 Å². The number of hydrogen-bond acceptors (Lipinski definition) is 1. The molecule has 0 bridgehead atoms. The maximum atomic E-state index is 13.7. The Hall–Kier alpha value is -2.27. The summed E-state index contributed by atoms with van der Waals surface area (Å²) in [5.41, 5.74) is 1.22. The summed E-state index contributed by atoms with van der Waals surface area (Å²) in [6.07, 6.45) is 5.15. The molecule has 1 nitrogen and oxygen atoms in total. The van der Waals surface area contributed by atoms with E-state index in [-0.39, 0.29) is 12.4 Å². The molecule has 0 N–H and O–H groups in total. The number of halogens is 1. The first-order valence-corrected chi connectivity index (χ1v) is 5.23. The Morgan fingerprint density at radius 2 is 1.65 bits per heavy atom. The first-order valence-electron chi connectivity index (χ1n) is 5.23. The second kappa shape index (κ2) is 5.18. The highest BCUT2D eigenvalue weighted by Crippen LogP contribution is 2.31. The van der Waals surface area contributed by atoms with E-state index >= 15 is 0 Å². The van der Waals surface area contributed by atoms with E-state index in [0.29, 0.717) is 16.9 Å². The van der Waals surface area contributed by atoms with Gasteiger partial charge in [-0.1, -0.05) is 42.3 Å². The van der Waals surface area contributed by atoms with E-state index in [1.807, 2.05) is 18.2 Å². The van der Waals surface area contributed by atoms with Crippen molar-refractivity contribution >= 4 is 0 Å². The van der Waals surface area contributed by atoms with Crippen LogP contribution in [0.1, 0.15) is 0 Å². The van der Waals surface area contributed by atoms with Crippen molar-refractivity contribution in [3.05, 3.63) is 54.3 Å². The minimum Gasteiger partial charge on any atom is -0.480 e. The van der Waals surface area contributed by atoms with Crippen LogP contribution in [0.3, 0.4) is 0 Å². The Morgan fingerprint density at radius 3 is 2.35 bits per heavy atom. The van der Waals surface area contributed by atoms with E-state index < -0.39 is 0 Å². The zero-order chi connectivity index (χ0) is 12.1. The molecule has 0 spiro atoms. The van der Waals surface area contributed by atoms with Crippen molar-refractivity contribution in [3.63, 3.8) is 0 Å². The first kappa shape index (κ1) is 11.2. The summed E-state index contributed by atoms with van der Waals surface area (Å²) in [5, 5.41) is 0. The van der Waals surface area contributed by atoms with Gasteiger partial charge in [0.15, 0.2) is 0 Å². The number of benzene rings is 2. The van der Waals surface area contributed by atoms with Gasteiger partial charge >= 0.3 is 0 Å². The summed E-state index contributed by atoms with van der Waals surface area (Å²) < 4.78 is 19.1. The fraction of sp³-hybridized carbons (Fsp3) is 0.0667. The van der Waals surface area contributed by atoms with Gasteiger partial charge in [0.1, 0.15) is 18.2 Å². The zero-order valence-corrected chi connectivity index (χ0v) is 9.19. The maximum absolute atomic E-state index is 13.7. The first-order chi connectivity index (χ1) is 8.33. The zero-order valence-electron chi connectivity index (χ0n) is 9.19. The number of para-hydroxylation sites is 1. The van der Waals surface area contributed by atoms with Crippen LogP contribution >= 0.6 is 0 Å². The van der Waals surface area contributed by atoms with Gasteiger partial charge in [0, 0.05) is 11.1 Å². The summed E-state index contributed by atoms with van der Waals surface area (Å²) in [6, 6.07) is 13.8. The van der Waals surface area contributed by atoms with E-state index in [1.165, 1.54) is 6.07 Å². The fourth-order valence-corrected chi connectivity index (χ4v) is 1.61. The molecule has 0 atom stereocenters.